The molecule has 4 aromatic rings. The number of anilines is 2. The molecule has 0 aliphatic rings. The number of pyridine rings is 1. The van der Waals surface area contributed by atoms with Gasteiger partial charge < -0.3 is 11.1 Å². The molecular weight excluding hydrogens is 439 g/mol. The number of halogens is 1. The van der Waals surface area contributed by atoms with Crippen LogP contribution in [0.2, 0.25) is 0 Å². The van der Waals surface area contributed by atoms with Crippen LogP contribution in [0, 0.1) is 17.5 Å². The summed E-state index contributed by atoms with van der Waals surface area (Å²) in [5, 5.41) is 2.78. The number of carbonyl (C=O) groups excluding carboxylic acids is 1. The van der Waals surface area contributed by atoms with E-state index in [1.165, 1.54) is 42.6 Å². The third-order valence-electron chi connectivity index (χ3n) is 5.14. The predicted molar refractivity (Wildman–Crippen MR) is 127 cm³/mol. The summed E-state index contributed by atoms with van der Waals surface area (Å²) in [6.07, 6.45) is 1.43. The molecule has 4 rings (SSSR count). The topological polar surface area (TPSA) is 109 Å². The number of rotatable bonds is 5. The summed E-state index contributed by atoms with van der Waals surface area (Å²) < 4.78 is 34.5. The first-order valence-corrected chi connectivity index (χ1v) is 11.6. The van der Waals surface area contributed by atoms with Crippen LogP contribution in [-0.2, 0) is 9.73 Å². The van der Waals surface area contributed by atoms with Gasteiger partial charge in [0.05, 0.1) is 21.2 Å². The lowest BCUT2D eigenvalue weighted by Gasteiger charge is -2.12. The summed E-state index contributed by atoms with van der Waals surface area (Å²) in [7, 11) is -3.24. The quantitative estimate of drug-likeness (QED) is 0.342. The van der Waals surface area contributed by atoms with Crippen molar-refractivity contribution < 1.29 is 13.4 Å². The Balaban J connectivity index is 1.55. The van der Waals surface area contributed by atoms with Gasteiger partial charge in [0, 0.05) is 17.5 Å². The number of nitrogens with one attached hydrogen (secondary N) is 2. The number of nitrogens with two attached hydrogens (primary N) is 1. The molecule has 1 aromatic heterocycles. The number of aryl methyl sites for hydroxylation is 1. The minimum atomic E-state index is -3.24. The van der Waals surface area contributed by atoms with Gasteiger partial charge in [-0.3, -0.25) is 9.78 Å². The van der Waals surface area contributed by atoms with E-state index in [0.717, 1.165) is 16.8 Å². The Morgan fingerprint density at radius 1 is 0.939 bits per heavy atom. The highest BCUT2D eigenvalue weighted by atomic mass is 32.2. The molecule has 166 valence electrons. The van der Waals surface area contributed by atoms with Crippen molar-refractivity contribution in [3.05, 3.63) is 102 Å². The number of hydrogen-bond donors (Lipinski definition) is 3. The summed E-state index contributed by atoms with van der Waals surface area (Å²) in [5.74, 6) is -0.737. The van der Waals surface area contributed by atoms with Crippen LogP contribution in [0.15, 0.2) is 94.9 Å². The molecule has 1 amide bonds. The Morgan fingerprint density at radius 2 is 1.58 bits per heavy atom. The van der Waals surface area contributed by atoms with Crippen LogP contribution >= 0.6 is 0 Å². The number of nitrogen functional groups attached to an aromatic ring is 1. The standard InChI is InChI=1S/C25H21FN4O2S/c1-16-2-10-22(15-29-16)33(28,32)21-11-5-18(6-12-21)25(31)30-24-14-19(7-13-23(24)27)17-3-8-20(26)9-4-17/h2-15,28H,27H2,1H3,(H,30,31). The van der Waals surface area contributed by atoms with E-state index in [9.17, 15) is 13.4 Å². The summed E-state index contributed by atoms with van der Waals surface area (Å²) in [5.41, 5.74) is 9.48. The van der Waals surface area contributed by atoms with E-state index in [4.69, 9.17) is 10.5 Å². The maximum absolute atomic E-state index is 13.2. The predicted octanol–water partition coefficient (Wildman–Crippen LogP) is 5.50. The Labute approximate surface area is 191 Å². The van der Waals surface area contributed by atoms with Crippen LogP contribution in [0.3, 0.4) is 0 Å². The normalized spacial score (nSPS) is 12.7. The summed E-state index contributed by atoms with van der Waals surface area (Å²) in [6, 6.07) is 20.6. The van der Waals surface area contributed by atoms with Gasteiger partial charge in [0.1, 0.15) is 15.5 Å². The third kappa shape index (κ3) is 4.75. The Bertz CT molecular complexity index is 1420. The van der Waals surface area contributed by atoms with Crippen molar-refractivity contribution in [2.45, 2.75) is 16.7 Å². The summed E-state index contributed by atoms with van der Waals surface area (Å²) >= 11 is 0. The average Bonchev–Trinajstić information content (AvgIpc) is 2.81. The molecule has 0 radical (unpaired) electrons. The Morgan fingerprint density at radius 3 is 2.21 bits per heavy atom. The van der Waals surface area contributed by atoms with Gasteiger partial charge in [-0.1, -0.05) is 18.2 Å². The van der Waals surface area contributed by atoms with Gasteiger partial charge in [0.15, 0.2) is 0 Å². The van der Waals surface area contributed by atoms with E-state index in [2.05, 4.69) is 10.3 Å². The Hall–Kier alpha value is -4.04. The molecule has 1 unspecified atom stereocenters. The lowest BCUT2D eigenvalue weighted by Crippen LogP contribution is -2.13. The lowest BCUT2D eigenvalue weighted by atomic mass is 10.0. The SMILES string of the molecule is Cc1ccc(S(=N)(=O)c2ccc(C(=O)Nc3cc(-c4ccc(F)cc4)ccc3N)cc2)cn1. The van der Waals surface area contributed by atoms with Crippen molar-refractivity contribution in [3.8, 4) is 11.1 Å². The van der Waals surface area contributed by atoms with Gasteiger partial charge in [-0.15, -0.1) is 0 Å². The molecule has 8 heteroatoms. The maximum atomic E-state index is 13.2. The molecule has 0 saturated carbocycles. The van der Waals surface area contributed by atoms with Crippen molar-refractivity contribution >= 4 is 27.0 Å². The van der Waals surface area contributed by atoms with E-state index in [-0.39, 0.29) is 10.7 Å². The van der Waals surface area contributed by atoms with E-state index >= 15 is 0 Å². The zero-order valence-electron chi connectivity index (χ0n) is 17.7. The molecular formula is C25H21FN4O2S. The minimum Gasteiger partial charge on any atom is -0.397 e. The first-order chi connectivity index (χ1) is 15.7. The number of hydrogen-bond acceptors (Lipinski definition) is 5. The van der Waals surface area contributed by atoms with Gasteiger partial charge >= 0.3 is 0 Å². The van der Waals surface area contributed by atoms with Gasteiger partial charge in [-0.2, -0.15) is 0 Å². The van der Waals surface area contributed by atoms with Crippen molar-refractivity contribution in [3.63, 3.8) is 0 Å². The molecule has 0 bridgehead atoms. The van der Waals surface area contributed by atoms with Crippen LogP contribution < -0.4 is 11.1 Å². The highest BCUT2D eigenvalue weighted by molar-refractivity contribution is 7.92. The molecule has 1 heterocycles. The number of aromatic nitrogens is 1. The first-order valence-electron chi connectivity index (χ1n) is 10.0. The number of amides is 1. The zero-order chi connectivity index (χ0) is 23.6. The highest BCUT2D eigenvalue weighted by Gasteiger charge is 2.16. The van der Waals surface area contributed by atoms with E-state index in [1.54, 1.807) is 42.5 Å². The Kier molecular flexibility index (Phi) is 5.93. The largest absolute Gasteiger partial charge is 0.397 e. The molecule has 4 N–H and O–H groups in total. The van der Waals surface area contributed by atoms with Gasteiger partial charge in [0.2, 0.25) is 0 Å². The number of carbonyl (C=O) groups is 1. The van der Waals surface area contributed by atoms with Gasteiger partial charge in [-0.25, -0.2) is 13.4 Å². The van der Waals surface area contributed by atoms with Crippen LogP contribution in [0.5, 0.6) is 0 Å². The smallest absolute Gasteiger partial charge is 0.255 e. The molecule has 0 saturated heterocycles. The van der Waals surface area contributed by atoms with Gasteiger partial charge in [-0.05, 0) is 78.7 Å². The second-order valence-electron chi connectivity index (χ2n) is 7.48. The molecule has 0 aliphatic carbocycles. The fourth-order valence-electron chi connectivity index (χ4n) is 3.24. The van der Waals surface area contributed by atoms with Gasteiger partial charge in [0.25, 0.3) is 5.91 Å². The molecule has 0 aliphatic heterocycles. The second kappa shape index (κ2) is 8.84. The van der Waals surface area contributed by atoms with Crippen LogP contribution in [-0.4, -0.2) is 15.1 Å². The molecule has 1 atom stereocenters. The van der Waals surface area contributed by atoms with Crippen molar-refractivity contribution in [1.29, 1.82) is 4.78 Å². The number of benzene rings is 3. The molecule has 3 aromatic carbocycles. The van der Waals surface area contributed by atoms with Crippen molar-refractivity contribution in [1.82, 2.24) is 4.98 Å². The first kappa shape index (κ1) is 22.2. The summed E-state index contributed by atoms with van der Waals surface area (Å²) in [4.78, 5) is 17.5. The fourth-order valence-corrected chi connectivity index (χ4v) is 4.49. The van der Waals surface area contributed by atoms with Crippen LogP contribution in [0.25, 0.3) is 11.1 Å². The maximum Gasteiger partial charge on any atom is 0.255 e. The zero-order valence-corrected chi connectivity index (χ0v) is 18.5. The molecule has 6 nitrogen and oxygen atoms in total. The number of nitrogens with zero attached hydrogens (tertiary/aromatic N) is 1. The van der Waals surface area contributed by atoms with Crippen molar-refractivity contribution in [2.24, 2.45) is 0 Å². The highest BCUT2D eigenvalue weighted by Crippen LogP contribution is 2.28. The van der Waals surface area contributed by atoms with Crippen LogP contribution in [0.1, 0.15) is 16.1 Å². The van der Waals surface area contributed by atoms with E-state index < -0.39 is 15.6 Å². The summed E-state index contributed by atoms with van der Waals surface area (Å²) in [6.45, 7) is 1.81. The molecule has 0 fully saturated rings. The average molecular weight is 461 g/mol. The fraction of sp³-hybridized carbons (Fsp3) is 0.0400. The van der Waals surface area contributed by atoms with Crippen LogP contribution in [0.4, 0.5) is 15.8 Å². The minimum absolute atomic E-state index is 0.280. The lowest BCUT2D eigenvalue weighted by molar-refractivity contribution is 0.102. The van der Waals surface area contributed by atoms with Crippen molar-refractivity contribution in [2.75, 3.05) is 11.1 Å². The molecule has 0 spiro atoms. The molecule has 33 heavy (non-hydrogen) atoms. The van der Waals surface area contributed by atoms with E-state index in [0.29, 0.717) is 21.8 Å². The van der Waals surface area contributed by atoms with E-state index in [1.807, 2.05) is 6.92 Å². The third-order valence-corrected chi connectivity index (χ3v) is 6.99. The monoisotopic (exact) mass is 460 g/mol. The second-order valence-corrected chi connectivity index (χ2v) is 9.53.